The van der Waals surface area contributed by atoms with Crippen molar-refractivity contribution in [2.45, 2.75) is 31.6 Å². The maximum atomic E-state index is 12.3. The SMILES string of the molecule is CN(C)S(=O)(=O)c1cccc(N2CCCC(C)(C)C2)c1N. The monoisotopic (exact) mass is 311 g/mol. The van der Waals surface area contributed by atoms with Gasteiger partial charge in [-0.1, -0.05) is 19.9 Å². The molecule has 0 radical (unpaired) electrons. The fourth-order valence-electron chi connectivity index (χ4n) is 2.86. The highest BCUT2D eigenvalue weighted by Gasteiger charge is 2.29. The molecule has 1 aromatic rings. The molecule has 2 N–H and O–H groups in total. The average Bonchev–Trinajstić information content (AvgIpc) is 2.37. The number of hydrogen-bond acceptors (Lipinski definition) is 4. The van der Waals surface area contributed by atoms with Gasteiger partial charge in [0.25, 0.3) is 0 Å². The van der Waals surface area contributed by atoms with Gasteiger partial charge in [0.2, 0.25) is 10.0 Å². The first-order valence-corrected chi connectivity index (χ1v) is 8.65. The molecule has 1 heterocycles. The quantitative estimate of drug-likeness (QED) is 0.869. The van der Waals surface area contributed by atoms with E-state index in [9.17, 15) is 8.42 Å². The van der Waals surface area contributed by atoms with Crippen molar-refractivity contribution >= 4 is 21.4 Å². The smallest absolute Gasteiger partial charge is 0.244 e. The van der Waals surface area contributed by atoms with Gasteiger partial charge in [0.15, 0.2) is 0 Å². The summed E-state index contributed by atoms with van der Waals surface area (Å²) in [5.41, 5.74) is 7.58. The lowest BCUT2D eigenvalue weighted by molar-refractivity contribution is 0.293. The van der Waals surface area contributed by atoms with Crippen molar-refractivity contribution in [3.63, 3.8) is 0 Å². The zero-order valence-electron chi connectivity index (χ0n) is 13.3. The van der Waals surface area contributed by atoms with Gasteiger partial charge in [-0.2, -0.15) is 0 Å². The molecule has 0 saturated carbocycles. The summed E-state index contributed by atoms with van der Waals surface area (Å²) in [6, 6.07) is 5.25. The van der Waals surface area contributed by atoms with Gasteiger partial charge in [0.1, 0.15) is 4.90 Å². The van der Waals surface area contributed by atoms with Crippen LogP contribution in [-0.4, -0.2) is 39.9 Å². The number of piperidine rings is 1. The predicted octanol–water partition coefficient (Wildman–Crippen LogP) is 2.15. The molecule has 0 aromatic heterocycles. The van der Waals surface area contributed by atoms with E-state index in [1.165, 1.54) is 24.8 Å². The van der Waals surface area contributed by atoms with Crippen molar-refractivity contribution in [1.82, 2.24) is 4.31 Å². The van der Waals surface area contributed by atoms with Crippen LogP contribution in [0.3, 0.4) is 0 Å². The van der Waals surface area contributed by atoms with Crippen molar-refractivity contribution in [2.75, 3.05) is 37.8 Å². The molecule has 0 atom stereocenters. The number of anilines is 2. The van der Waals surface area contributed by atoms with E-state index in [-0.39, 0.29) is 10.3 Å². The summed E-state index contributed by atoms with van der Waals surface area (Å²) in [5.74, 6) is 0. The standard InChI is InChI=1S/C15H25N3O2S/c1-15(2)9-6-10-18(11-15)12-7-5-8-13(14(12)16)21(19,20)17(3)4/h5,7-8H,6,9-11,16H2,1-4H3. The van der Waals surface area contributed by atoms with Crippen LogP contribution in [0.15, 0.2) is 23.1 Å². The van der Waals surface area contributed by atoms with E-state index >= 15 is 0 Å². The molecule has 1 aliphatic rings. The number of nitrogens with two attached hydrogens (primary N) is 1. The molecule has 0 bridgehead atoms. The van der Waals surface area contributed by atoms with Crippen LogP contribution in [0.25, 0.3) is 0 Å². The summed E-state index contributed by atoms with van der Waals surface area (Å²) < 4.78 is 25.9. The fourth-order valence-corrected chi connectivity index (χ4v) is 3.89. The summed E-state index contributed by atoms with van der Waals surface area (Å²) in [5, 5.41) is 0. The Morgan fingerprint density at radius 1 is 1.29 bits per heavy atom. The molecule has 21 heavy (non-hydrogen) atoms. The Kier molecular flexibility index (Phi) is 4.22. The number of benzene rings is 1. The summed E-state index contributed by atoms with van der Waals surface area (Å²) in [7, 11) is -0.477. The van der Waals surface area contributed by atoms with Crippen molar-refractivity contribution in [2.24, 2.45) is 5.41 Å². The maximum Gasteiger partial charge on any atom is 0.244 e. The molecule has 1 fully saturated rings. The van der Waals surface area contributed by atoms with Crippen LogP contribution < -0.4 is 10.6 Å². The van der Waals surface area contributed by atoms with E-state index in [0.29, 0.717) is 5.69 Å². The lowest BCUT2D eigenvalue weighted by Crippen LogP contribution is -2.40. The van der Waals surface area contributed by atoms with E-state index in [4.69, 9.17) is 5.73 Å². The minimum atomic E-state index is -3.52. The second kappa shape index (κ2) is 5.50. The van der Waals surface area contributed by atoms with E-state index < -0.39 is 10.0 Å². The number of sulfonamides is 1. The van der Waals surface area contributed by atoms with Crippen LogP contribution in [-0.2, 0) is 10.0 Å². The molecule has 1 saturated heterocycles. The molecule has 0 spiro atoms. The lowest BCUT2D eigenvalue weighted by atomic mass is 9.84. The number of nitrogen functional groups attached to an aromatic ring is 1. The minimum absolute atomic E-state index is 0.188. The normalized spacial score (nSPS) is 19.0. The van der Waals surface area contributed by atoms with E-state index in [0.717, 1.165) is 25.2 Å². The van der Waals surface area contributed by atoms with Gasteiger partial charge >= 0.3 is 0 Å². The Bertz CT molecular complexity index is 624. The molecule has 0 amide bonds. The Hall–Kier alpha value is -1.27. The first-order valence-electron chi connectivity index (χ1n) is 7.21. The molecule has 2 rings (SSSR count). The van der Waals surface area contributed by atoms with Crippen molar-refractivity contribution in [1.29, 1.82) is 0 Å². The van der Waals surface area contributed by atoms with Crippen LogP contribution in [0, 0.1) is 5.41 Å². The Balaban J connectivity index is 2.44. The third-order valence-corrected chi connectivity index (χ3v) is 5.92. The van der Waals surface area contributed by atoms with E-state index in [2.05, 4.69) is 18.7 Å². The topological polar surface area (TPSA) is 66.6 Å². The van der Waals surface area contributed by atoms with Crippen molar-refractivity contribution in [3.05, 3.63) is 18.2 Å². The minimum Gasteiger partial charge on any atom is -0.396 e. The van der Waals surface area contributed by atoms with Gasteiger partial charge in [-0.15, -0.1) is 0 Å². The van der Waals surface area contributed by atoms with E-state index in [1.807, 2.05) is 6.07 Å². The predicted molar refractivity (Wildman–Crippen MR) is 87.0 cm³/mol. The van der Waals surface area contributed by atoms with Crippen molar-refractivity contribution < 1.29 is 8.42 Å². The first kappa shape index (κ1) is 16.1. The van der Waals surface area contributed by atoms with Crippen LogP contribution in [0.2, 0.25) is 0 Å². The first-order chi connectivity index (χ1) is 9.65. The van der Waals surface area contributed by atoms with Crippen LogP contribution in [0.4, 0.5) is 11.4 Å². The number of nitrogens with zero attached hydrogens (tertiary/aromatic N) is 2. The zero-order valence-corrected chi connectivity index (χ0v) is 14.1. The average molecular weight is 311 g/mol. The van der Waals surface area contributed by atoms with Gasteiger partial charge in [0.05, 0.1) is 11.4 Å². The molecule has 5 nitrogen and oxygen atoms in total. The summed E-state index contributed by atoms with van der Waals surface area (Å²) in [6.45, 7) is 6.27. The third-order valence-electron chi connectivity index (χ3n) is 4.04. The zero-order chi connectivity index (χ0) is 15.8. The Morgan fingerprint density at radius 3 is 2.52 bits per heavy atom. The van der Waals surface area contributed by atoms with Crippen LogP contribution >= 0.6 is 0 Å². The number of para-hydroxylation sites is 1. The largest absolute Gasteiger partial charge is 0.396 e. The number of rotatable bonds is 3. The highest BCUT2D eigenvalue weighted by molar-refractivity contribution is 7.89. The number of hydrogen-bond donors (Lipinski definition) is 1. The van der Waals surface area contributed by atoms with E-state index in [1.54, 1.807) is 12.1 Å². The molecule has 118 valence electrons. The van der Waals surface area contributed by atoms with Gasteiger partial charge in [0, 0.05) is 27.2 Å². The molecule has 6 heteroatoms. The fraction of sp³-hybridized carbons (Fsp3) is 0.600. The second-order valence-corrected chi connectivity index (χ2v) is 8.79. The lowest BCUT2D eigenvalue weighted by Gasteiger charge is -2.40. The highest BCUT2D eigenvalue weighted by atomic mass is 32.2. The summed E-state index contributed by atoms with van der Waals surface area (Å²) in [4.78, 5) is 2.39. The summed E-state index contributed by atoms with van der Waals surface area (Å²) >= 11 is 0. The van der Waals surface area contributed by atoms with Crippen molar-refractivity contribution in [3.8, 4) is 0 Å². The Labute approximate surface area is 127 Å². The van der Waals surface area contributed by atoms with Gasteiger partial charge in [-0.3, -0.25) is 0 Å². The third kappa shape index (κ3) is 3.16. The molecule has 0 unspecified atom stereocenters. The van der Waals surface area contributed by atoms with Crippen LogP contribution in [0.5, 0.6) is 0 Å². The Morgan fingerprint density at radius 2 is 1.95 bits per heavy atom. The van der Waals surface area contributed by atoms with Gasteiger partial charge in [-0.25, -0.2) is 12.7 Å². The molecule has 1 aliphatic heterocycles. The van der Waals surface area contributed by atoms with Crippen LogP contribution in [0.1, 0.15) is 26.7 Å². The molecule has 1 aromatic carbocycles. The highest BCUT2D eigenvalue weighted by Crippen LogP contribution is 2.36. The maximum absolute atomic E-state index is 12.3. The molecule has 0 aliphatic carbocycles. The molecular weight excluding hydrogens is 286 g/mol. The molecular formula is C15H25N3O2S. The second-order valence-electron chi connectivity index (χ2n) is 6.67. The van der Waals surface area contributed by atoms with Gasteiger partial charge < -0.3 is 10.6 Å². The summed E-state index contributed by atoms with van der Waals surface area (Å²) in [6.07, 6.45) is 2.27. The van der Waals surface area contributed by atoms with Gasteiger partial charge in [-0.05, 0) is 30.4 Å².